The summed E-state index contributed by atoms with van der Waals surface area (Å²) < 4.78 is 0. The summed E-state index contributed by atoms with van der Waals surface area (Å²) in [4.78, 5) is 0. The first-order chi connectivity index (χ1) is 7.29. The van der Waals surface area contributed by atoms with Gasteiger partial charge in [-0.3, -0.25) is 0 Å². The van der Waals surface area contributed by atoms with Crippen LogP contribution in [0.5, 0.6) is 0 Å². The molecule has 0 aliphatic carbocycles. The predicted octanol–water partition coefficient (Wildman–Crippen LogP) is 1.78. The van der Waals surface area contributed by atoms with Crippen molar-refractivity contribution in [1.29, 1.82) is 0 Å². The Bertz CT molecular complexity index is 295. The van der Waals surface area contributed by atoms with E-state index in [9.17, 15) is 0 Å². The van der Waals surface area contributed by atoms with Crippen LogP contribution in [0, 0.1) is 6.92 Å². The Hall–Kier alpha value is -0.860. The van der Waals surface area contributed by atoms with E-state index < -0.39 is 0 Å². The molecule has 4 N–H and O–H groups in total. The van der Waals surface area contributed by atoms with Crippen LogP contribution in [0.2, 0.25) is 0 Å². The number of benzene rings is 1. The summed E-state index contributed by atoms with van der Waals surface area (Å²) in [7, 11) is 0. The largest absolute Gasteiger partial charge is 0.330 e. The minimum Gasteiger partial charge on any atom is -0.330 e. The maximum absolute atomic E-state index is 5.56. The van der Waals surface area contributed by atoms with Crippen LogP contribution >= 0.6 is 0 Å². The van der Waals surface area contributed by atoms with Gasteiger partial charge in [0.25, 0.3) is 0 Å². The molecule has 0 aliphatic rings. The third-order valence-electron chi connectivity index (χ3n) is 2.79. The highest BCUT2D eigenvalue weighted by Crippen LogP contribution is 2.17. The van der Waals surface area contributed by atoms with E-state index in [-0.39, 0.29) is 0 Å². The maximum atomic E-state index is 5.56. The molecule has 0 radical (unpaired) electrons. The van der Waals surface area contributed by atoms with Crippen LogP contribution in [0.3, 0.4) is 0 Å². The van der Waals surface area contributed by atoms with Gasteiger partial charge in [0.15, 0.2) is 0 Å². The van der Waals surface area contributed by atoms with Crippen LogP contribution in [0.4, 0.5) is 0 Å². The molecule has 0 spiro atoms. The summed E-state index contributed by atoms with van der Waals surface area (Å²) in [6.07, 6.45) is 4.33. The predicted molar refractivity (Wildman–Crippen MR) is 65.9 cm³/mol. The van der Waals surface area contributed by atoms with Crippen LogP contribution in [0.25, 0.3) is 0 Å². The van der Waals surface area contributed by atoms with Gasteiger partial charge in [0.1, 0.15) is 0 Å². The summed E-state index contributed by atoms with van der Waals surface area (Å²) in [5, 5.41) is 0. The average molecular weight is 206 g/mol. The van der Waals surface area contributed by atoms with Crippen molar-refractivity contribution < 1.29 is 0 Å². The van der Waals surface area contributed by atoms with Crippen molar-refractivity contribution in [2.24, 2.45) is 11.5 Å². The minimum absolute atomic E-state index is 0.768. The number of rotatable bonds is 6. The first-order valence-electron chi connectivity index (χ1n) is 5.77. The van der Waals surface area contributed by atoms with Crippen molar-refractivity contribution in [3.8, 4) is 0 Å². The van der Waals surface area contributed by atoms with Crippen molar-refractivity contribution >= 4 is 0 Å². The highest BCUT2D eigenvalue weighted by atomic mass is 14.5. The fraction of sp³-hybridized carbons (Fsp3) is 0.538. The van der Waals surface area contributed by atoms with Crippen LogP contribution in [-0.2, 0) is 12.8 Å². The van der Waals surface area contributed by atoms with E-state index in [1.165, 1.54) is 16.7 Å². The molecule has 2 nitrogen and oxygen atoms in total. The molecule has 1 aromatic carbocycles. The molecule has 2 heteroatoms. The van der Waals surface area contributed by atoms with Crippen LogP contribution in [0.15, 0.2) is 18.2 Å². The molecule has 0 saturated heterocycles. The molecule has 0 aliphatic heterocycles. The van der Waals surface area contributed by atoms with Crippen LogP contribution in [-0.4, -0.2) is 13.1 Å². The quantitative estimate of drug-likeness (QED) is 0.745. The Kier molecular flexibility index (Phi) is 5.37. The number of hydrogen-bond acceptors (Lipinski definition) is 2. The van der Waals surface area contributed by atoms with Crippen molar-refractivity contribution in [3.63, 3.8) is 0 Å². The van der Waals surface area contributed by atoms with Crippen LogP contribution in [0.1, 0.15) is 29.5 Å². The zero-order valence-corrected chi connectivity index (χ0v) is 9.63. The van der Waals surface area contributed by atoms with E-state index in [2.05, 4.69) is 25.1 Å². The first kappa shape index (κ1) is 12.2. The van der Waals surface area contributed by atoms with Crippen LogP contribution < -0.4 is 11.5 Å². The maximum Gasteiger partial charge on any atom is -0.00741 e. The average Bonchev–Trinajstić information content (AvgIpc) is 2.25. The van der Waals surface area contributed by atoms with Gasteiger partial charge >= 0.3 is 0 Å². The standard InChI is InChI=1S/C13H22N2/c1-11-5-2-6-12(7-3-9-14)13(11)8-4-10-15/h2,5-6H,3-4,7-10,14-15H2,1H3. The van der Waals surface area contributed by atoms with Gasteiger partial charge in [0, 0.05) is 0 Å². The van der Waals surface area contributed by atoms with Crippen molar-refractivity contribution in [2.75, 3.05) is 13.1 Å². The molecule has 0 heterocycles. The molecule has 0 fully saturated rings. The third kappa shape index (κ3) is 3.65. The molecule has 1 rings (SSSR count). The van der Waals surface area contributed by atoms with Crippen molar-refractivity contribution in [1.82, 2.24) is 0 Å². The van der Waals surface area contributed by atoms with Crippen molar-refractivity contribution in [3.05, 3.63) is 34.9 Å². The summed E-state index contributed by atoms with van der Waals surface area (Å²) in [6, 6.07) is 6.53. The molecule has 0 amide bonds. The van der Waals surface area contributed by atoms with E-state index in [4.69, 9.17) is 11.5 Å². The summed E-state index contributed by atoms with van der Waals surface area (Å²) in [6.45, 7) is 3.72. The Morgan fingerprint density at radius 3 is 2.33 bits per heavy atom. The van der Waals surface area contributed by atoms with E-state index >= 15 is 0 Å². The number of aryl methyl sites for hydroxylation is 2. The van der Waals surface area contributed by atoms with Gasteiger partial charge in [-0.05, 0) is 62.4 Å². The molecule has 0 saturated carbocycles. The molecule has 0 bridgehead atoms. The Morgan fingerprint density at radius 2 is 1.67 bits per heavy atom. The fourth-order valence-electron chi connectivity index (χ4n) is 1.93. The van der Waals surface area contributed by atoms with Gasteiger partial charge in [-0.2, -0.15) is 0 Å². The second-order valence-corrected chi connectivity index (χ2v) is 4.00. The van der Waals surface area contributed by atoms with Crippen molar-refractivity contribution in [2.45, 2.75) is 32.6 Å². The highest BCUT2D eigenvalue weighted by molar-refractivity contribution is 5.34. The number of nitrogens with two attached hydrogens (primary N) is 2. The lowest BCUT2D eigenvalue weighted by Gasteiger charge is -2.11. The highest BCUT2D eigenvalue weighted by Gasteiger charge is 2.04. The van der Waals surface area contributed by atoms with Gasteiger partial charge in [-0.1, -0.05) is 18.2 Å². The second kappa shape index (κ2) is 6.59. The molecular formula is C13H22N2. The van der Waals surface area contributed by atoms with E-state index in [1.807, 2.05) is 0 Å². The molecule has 0 aromatic heterocycles. The third-order valence-corrected chi connectivity index (χ3v) is 2.79. The molecule has 1 aromatic rings. The molecule has 0 unspecified atom stereocenters. The van der Waals surface area contributed by atoms with Gasteiger partial charge in [-0.25, -0.2) is 0 Å². The van der Waals surface area contributed by atoms with E-state index in [0.29, 0.717) is 0 Å². The van der Waals surface area contributed by atoms with Gasteiger partial charge in [0.05, 0.1) is 0 Å². The van der Waals surface area contributed by atoms with Gasteiger partial charge < -0.3 is 11.5 Å². The molecule has 15 heavy (non-hydrogen) atoms. The molecule has 0 atom stereocenters. The topological polar surface area (TPSA) is 52.0 Å². The Labute approximate surface area is 92.7 Å². The SMILES string of the molecule is Cc1cccc(CCCN)c1CCCN. The summed E-state index contributed by atoms with van der Waals surface area (Å²) in [5.41, 5.74) is 15.4. The van der Waals surface area contributed by atoms with E-state index in [0.717, 1.165) is 38.8 Å². The monoisotopic (exact) mass is 206 g/mol. The lowest BCUT2D eigenvalue weighted by atomic mass is 9.95. The summed E-state index contributed by atoms with van der Waals surface area (Å²) in [5.74, 6) is 0. The van der Waals surface area contributed by atoms with E-state index in [1.54, 1.807) is 0 Å². The van der Waals surface area contributed by atoms with Gasteiger partial charge in [-0.15, -0.1) is 0 Å². The zero-order chi connectivity index (χ0) is 11.1. The molecular weight excluding hydrogens is 184 g/mol. The Morgan fingerprint density at radius 1 is 1.00 bits per heavy atom. The lowest BCUT2D eigenvalue weighted by Crippen LogP contribution is -2.06. The zero-order valence-electron chi connectivity index (χ0n) is 9.63. The van der Waals surface area contributed by atoms with Gasteiger partial charge in [0.2, 0.25) is 0 Å². The second-order valence-electron chi connectivity index (χ2n) is 4.00. The first-order valence-corrected chi connectivity index (χ1v) is 5.77. The Balaban J connectivity index is 2.77. The number of hydrogen-bond donors (Lipinski definition) is 2. The summed E-state index contributed by atoms with van der Waals surface area (Å²) >= 11 is 0. The molecule has 84 valence electrons. The fourth-order valence-corrected chi connectivity index (χ4v) is 1.93. The smallest absolute Gasteiger partial charge is 0.00741 e. The minimum atomic E-state index is 0.768. The lowest BCUT2D eigenvalue weighted by molar-refractivity contribution is 0.787. The normalized spacial score (nSPS) is 10.6.